The van der Waals surface area contributed by atoms with Crippen LogP contribution in [0.15, 0.2) is 0 Å². The van der Waals surface area contributed by atoms with E-state index in [1.54, 1.807) is 0 Å². The van der Waals surface area contributed by atoms with Gasteiger partial charge in [-0.25, -0.2) is 4.79 Å². The minimum absolute atomic E-state index is 0.00851. The van der Waals surface area contributed by atoms with Gasteiger partial charge in [-0.1, -0.05) is 0 Å². The number of carbonyl (C=O) groups is 2. The van der Waals surface area contributed by atoms with Crippen LogP contribution in [0.5, 0.6) is 0 Å². The molecule has 2 amide bonds. The van der Waals surface area contributed by atoms with Gasteiger partial charge in [0.15, 0.2) is 0 Å². The van der Waals surface area contributed by atoms with Crippen LogP contribution in [0.2, 0.25) is 0 Å². The fraction of sp³-hybridized carbons (Fsp3) is 0.833. The number of unbranched alkanes of at least 4 members (excludes halogenated alkanes) is 1. The molecule has 0 spiro atoms. The number of urea groups is 1. The molecule has 1 rings (SSSR count). The molecule has 1 heterocycles. The number of amides is 2. The summed E-state index contributed by atoms with van der Waals surface area (Å²) in [6, 6.07) is -0.329. The van der Waals surface area contributed by atoms with E-state index in [1.807, 2.05) is 0 Å². The van der Waals surface area contributed by atoms with Gasteiger partial charge < -0.3 is 15.3 Å². The standard InChI is InChI=1S/C12H19F3N2O3/c13-12(14,15)4-1-2-5-16-11(20)17-6-3-9(8-17)7-10(18)19/h9H,1-8H2,(H,16,20)(H,18,19). The lowest BCUT2D eigenvalue weighted by Crippen LogP contribution is -2.39. The van der Waals surface area contributed by atoms with Gasteiger partial charge in [0.05, 0.1) is 0 Å². The first-order valence-corrected chi connectivity index (χ1v) is 6.59. The molecule has 0 aliphatic carbocycles. The average Bonchev–Trinajstić information content (AvgIpc) is 2.74. The fourth-order valence-electron chi connectivity index (χ4n) is 2.19. The van der Waals surface area contributed by atoms with E-state index in [-0.39, 0.29) is 37.8 Å². The summed E-state index contributed by atoms with van der Waals surface area (Å²) in [4.78, 5) is 23.7. The second-order valence-electron chi connectivity index (χ2n) is 5.00. The second kappa shape index (κ2) is 7.35. The summed E-state index contributed by atoms with van der Waals surface area (Å²) in [5.74, 6) is -0.923. The number of nitrogens with one attached hydrogen (secondary N) is 1. The van der Waals surface area contributed by atoms with Crippen LogP contribution in [0.4, 0.5) is 18.0 Å². The van der Waals surface area contributed by atoms with Gasteiger partial charge in [0, 0.05) is 32.5 Å². The van der Waals surface area contributed by atoms with E-state index in [1.165, 1.54) is 4.90 Å². The maximum Gasteiger partial charge on any atom is 0.389 e. The van der Waals surface area contributed by atoms with E-state index in [0.29, 0.717) is 19.5 Å². The normalized spacial score (nSPS) is 19.1. The minimum Gasteiger partial charge on any atom is -0.481 e. The van der Waals surface area contributed by atoms with Gasteiger partial charge in [-0.3, -0.25) is 4.79 Å². The van der Waals surface area contributed by atoms with Gasteiger partial charge in [-0.05, 0) is 25.2 Å². The number of hydrogen-bond donors (Lipinski definition) is 2. The van der Waals surface area contributed by atoms with E-state index >= 15 is 0 Å². The SMILES string of the molecule is O=C(O)CC1CCN(C(=O)NCCCCC(F)(F)F)C1. The molecule has 1 unspecified atom stereocenters. The summed E-state index contributed by atoms with van der Waals surface area (Å²) in [5, 5.41) is 11.2. The molecule has 0 aromatic rings. The van der Waals surface area contributed by atoms with E-state index in [9.17, 15) is 22.8 Å². The summed E-state index contributed by atoms with van der Waals surface area (Å²) >= 11 is 0. The number of halogens is 3. The Morgan fingerprint density at radius 2 is 2.00 bits per heavy atom. The molecule has 1 saturated heterocycles. The quantitative estimate of drug-likeness (QED) is 0.738. The maximum absolute atomic E-state index is 11.9. The number of likely N-dealkylation sites (tertiary alicyclic amines) is 1. The fourth-order valence-corrected chi connectivity index (χ4v) is 2.19. The zero-order valence-electron chi connectivity index (χ0n) is 11.1. The highest BCUT2D eigenvalue weighted by Crippen LogP contribution is 2.22. The zero-order valence-corrected chi connectivity index (χ0v) is 11.1. The van der Waals surface area contributed by atoms with E-state index in [4.69, 9.17) is 5.11 Å². The van der Waals surface area contributed by atoms with Crippen molar-refractivity contribution in [3.8, 4) is 0 Å². The monoisotopic (exact) mass is 296 g/mol. The van der Waals surface area contributed by atoms with Crippen molar-refractivity contribution >= 4 is 12.0 Å². The maximum atomic E-state index is 11.9. The van der Waals surface area contributed by atoms with Crippen LogP contribution in [0, 0.1) is 5.92 Å². The molecule has 0 aromatic heterocycles. The Kier molecular flexibility index (Phi) is 6.09. The number of hydrogen-bond acceptors (Lipinski definition) is 2. The molecule has 1 atom stereocenters. The van der Waals surface area contributed by atoms with Crippen LogP contribution < -0.4 is 5.32 Å². The van der Waals surface area contributed by atoms with Crippen molar-refractivity contribution in [1.29, 1.82) is 0 Å². The summed E-state index contributed by atoms with van der Waals surface area (Å²) < 4.78 is 35.7. The summed E-state index contributed by atoms with van der Waals surface area (Å²) in [5.41, 5.74) is 0. The first kappa shape index (κ1) is 16.6. The van der Waals surface area contributed by atoms with Gasteiger partial charge >= 0.3 is 18.2 Å². The Morgan fingerprint density at radius 1 is 1.30 bits per heavy atom. The third-order valence-electron chi connectivity index (χ3n) is 3.20. The number of rotatable bonds is 6. The van der Waals surface area contributed by atoms with Crippen molar-refractivity contribution < 1.29 is 27.9 Å². The average molecular weight is 296 g/mol. The Morgan fingerprint density at radius 3 is 2.60 bits per heavy atom. The number of carboxylic acids is 1. The number of alkyl halides is 3. The highest BCUT2D eigenvalue weighted by atomic mass is 19.4. The molecule has 20 heavy (non-hydrogen) atoms. The molecule has 116 valence electrons. The van der Waals surface area contributed by atoms with Crippen molar-refractivity contribution in [2.45, 2.75) is 38.3 Å². The number of carboxylic acid groups (broad SMARTS) is 1. The molecule has 0 radical (unpaired) electrons. The third kappa shape index (κ3) is 6.63. The first-order valence-electron chi connectivity index (χ1n) is 6.59. The molecular formula is C12H19F3N2O3. The van der Waals surface area contributed by atoms with Crippen molar-refractivity contribution in [1.82, 2.24) is 10.2 Å². The van der Waals surface area contributed by atoms with Gasteiger partial charge in [-0.2, -0.15) is 13.2 Å². The lowest BCUT2D eigenvalue weighted by molar-refractivity contribution is -0.138. The predicted octanol–water partition coefficient (Wildman–Crippen LogP) is 2.23. The van der Waals surface area contributed by atoms with E-state index in [0.717, 1.165) is 0 Å². The molecule has 0 bridgehead atoms. The largest absolute Gasteiger partial charge is 0.481 e. The van der Waals surface area contributed by atoms with Crippen LogP contribution in [0.3, 0.4) is 0 Å². The summed E-state index contributed by atoms with van der Waals surface area (Å²) in [7, 11) is 0. The topological polar surface area (TPSA) is 69.6 Å². The number of aliphatic carboxylic acids is 1. The minimum atomic E-state index is -4.15. The van der Waals surface area contributed by atoms with Crippen LogP contribution in [-0.4, -0.2) is 47.8 Å². The molecular weight excluding hydrogens is 277 g/mol. The van der Waals surface area contributed by atoms with Crippen LogP contribution in [0.25, 0.3) is 0 Å². The lowest BCUT2D eigenvalue weighted by atomic mass is 10.1. The van der Waals surface area contributed by atoms with Crippen LogP contribution in [0.1, 0.15) is 32.1 Å². The molecule has 0 aromatic carbocycles. The van der Waals surface area contributed by atoms with Crippen molar-refractivity contribution in [2.24, 2.45) is 5.92 Å². The van der Waals surface area contributed by atoms with Gasteiger partial charge in [0.25, 0.3) is 0 Å². The number of nitrogens with zero attached hydrogens (tertiary/aromatic N) is 1. The molecule has 1 aliphatic rings. The first-order chi connectivity index (χ1) is 9.28. The van der Waals surface area contributed by atoms with Crippen molar-refractivity contribution in [2.75, 3.05) is 19.6 Å². The predicted molar refractivity (Wildman–Crippen MR) is 65.2 cm³/mol. The molecule has 1 fully saturated rings. The lowest BCUT2D eigenvalue weighted by Gasteiger charge is -2.17. The van der Waals surface area contributed by atoms with Gasteiger partial charge in [-0.15, -0.1) is 0 Å². The smallest absolute Gasteiger partial charge is 0.389 e. The van der Waals surface area contributed by atoms with Gasteiger partial charge in [0.1, 0.15) is 0 Å². The molecule has 8 heteroatoms. The Hall–Kier alpha value is -1.47. The Balaban J connectivity index is 2.13. The molecule has 1 aliphatic heterocycles. The van der Waals surface area contributed by atoms with E-state index < -0.39 is 18.6 Å². The zero-order chi connectivity index (χ0) is 15.2. The van der Waals surface area contributed by atoms with Crippen molar-refractivity contribution in [3.05, 3.63) is 0 Å². The highest BCUT2D eigenvalue weighted by molar-refractivity contribution is 5.74. The van der Waals surface area contributed by atoms with Gasteiger partial charge in [0.2, 0.25) is 0 Å². The van der Waals surface area contributed by atoms with Crippen molar-refractivity contribution in [3.63, 3.8) is 0 Å². The number of carbonyl (C=O) groups excluding carboxylic acids is 1. The highest BCUT2D eigenvalue weighted by Gasteiger charge is 2.28. The van der Waals surface area contributed by atoms with E-state index in [2.05, 4.69) is 5.32 Å². The Bertz CT molecular complexity index is 347. The third-order valence-corrected chi connectivity index (χ3v) is 3.20. The summed E-state index contributed by atoms with van der Waals surface area (Å²) in [6.07, 6.45) is -4.04. The molecule has 5 nitrogen and oxygen atoms in total. The van der Waals surface area contributed by atoms with Crippen LogP contribution in [-0.2, 0) is 4.79 Å². The second-order valence-corrected chi connectivity index (χ2v) is 5.00. The summed E-state index contributed by atoms with van der Waals surface area (Å²) in [6.45, 7) is 1.09. The molecule has 2 N–H and O–H groups in total. The Labute approximate surface area is 115 Å². The molecule has 0 saturated carbocycles. The van der Waals surface area contributed by atoms with Crippen LogP contribution >= 0.6 is 0 Å².